The van der Waals surface area contributed by atoms with E-state index in [9.17, 15) is 4.39 Å². The van der Waals surface area contributed by atoms with Crippen molar-refractivity contribution in [2.24, 2.45) is 4.99 Å². The molecule has 0 spiro atoms. The Bertz CT molecular complexity index is 527. The van der Waals surface area contributed by atoms with Crippen molar-refractivity contribution in [3.63, 3.8) is 0 Å². The first-order valence-electron chi connectivity index (χ1n) is 7.40. The van der Waals surface area contributed by atoms with Gasteiger partial charge in [-0.05, 0) is 24.5 Å². The van der Waals surface area contributed by atoms with Gasteiger partial charge in [0.25, 0.3) is 0 Å². The lowest BCUT2D eigenvalue weighted by Gasteiger charge is -2.28. The van der Waals surface area contributed by atoms with Crippen molar-refractivity contribution >= 4 is 5.96 Å². The SMILES string of the molecule is CN=C(NCC(C)(C)c1ccccc1F)NC1CC=CC1. The summed E-state index contributed by atoms with van der Waals surface area (Å²) in [6.07, 6.45) is 6.40. The number of guanidine groups is 1. The molecule has 2 rings (SSSR count). The number of halogens is 1. The van der Waals surface area contributed by atoms with Crippen molar-refractivity contribution in [1.82, 2.24) is 10.6 Å². The van der Waals surface area contributed by atoms with Crippen molar-refractivity contribution in [2.45, 2.75) is 38.1 Å². The second-order valence-corrected chi connectivity index (χ2v) is 6.07. The Balaban J connectivity index is 1.95. The van der Waals surface area contributed by atoms with Crippen LogP contribution in [0.25, 0.3) is 0 Å². The molecule has 0 aromatic heterocycles. The van der Waals surface area contributed by atoms with Crippen LogP contribution in [-0.4, -0.2) is 25.6 Å². The van der Waals surface area contributed by atoms with Crippen LogP contribution in [0, 0.1) is 5.82 Å². The molecule has 0 saturated heterocycles. The maximum Gasteiger partial charge on any atom is 0.191 e. The molecular formula is C17H24FN3. The third kappa shape index (κ3) is 4.06. The standard InChI is InChI=1S/C17H24FN3/c1-17(2,14-10-6-7-11-15(14)18)12-20-16(19-3)21-13-8-4-5-9-13/h4-7,10-11,13H,8-9,12H2,1-3H3,(H2,19,20,21). The highest BCUT2D eigenvalue weighted by Gasteiger charge is 2.24. The first-order chi connectivity index (χ1) is 10.0. The summed E-state index contributed by atoms with van der Waals surface area (Å²) in [5, 5.41) is 6.69. The number of aliphatic imine (C=N–C) groups is 1. The molecule has 2 N–H and O–H groups in total. The quantitative estimate of drug-likeness (QED) is 0.508. The second-order valence-electron chi connectivity index (χ2n) is 6.07. The minimum absolute atomic E-state index is 0.160. The van der Waals surface area contributed by atoms with Crippen LogP contribution in [0.5, 0.6) is 0 Å². The van der Waals surface area contributed by atoms with E-state index in [2.05, 4.69) is 27.8 Å². The van der Waals surface area contributed by atoms with Gasteiger partial charge in [0.1, 0.15) is 5.82 Å². The van der Waals surface area contributed by atoms with Crippen molar-refractivity contribution < 1.29 is 4.39 Å². The third-order valence-corrected chi connectivity index (χ3v) is 3.87. The van der Waals surface area contributed by atoms with E-state index in [1.165, 1.54) is 6.07 Å². The molecule has 1 aromatic carbocycles. The predicted octanol–water partition coefficient (Wildman–Crippen LogP) is 2.99. The average Bonchev–Trinajstić information content (AvgIpc) is 2.96. The highest BCUT2D eigenvalue weighted by atomic mass is 19.1. The zero-order valence-corrected chi connectivity index (χ0v) is 13.0. The molecule has 0 radical (unpaired) electrons. The molecule has 1 aromatic rings. The van der Waals surface area contributed by atoms with Crippen molar-refractivity contribution in [1.29, 1.82) is 0 Å². The van der Waals surface area contributed by atoms with Gasteiger partial charge in [-0.2, -0.15) is 0 Å². The summed E-state index contributed by atoms with van der Waals surface area (Å²) in [6.45, 7) is 4.68. The summed E-state index contributed by atoms with van der Waals surface area (Å²) >= 11 is 0. The largest absolute Gasteiger partial charge is 0.356 e. The summed E-state index contributed by atoms with van der Waals surface area (Å²) in [5.41, 5.74) is 0.409. The fourth-order valence-electron chi connectivity index (χ4n) is 2.53. The molecule has 0 bridgehead atoms. The molecule has 0 amide bonds. The molecule has 0 atom stereocenters. The number of benzene rings is 1. The number of rotatable bonds is 4. The van der Waals surface area contributed by atoms with Gasteiger partial charge in [-0.25, -0.2) is 4.39 Å². The van der Waals surface area contributed by atoms with E-state index >= 15 is 0 Å². The molecule has 4 heteroatoms. The monoisotopic (exact) mass is 289 g/mol. The smallest absolute Gasteiger partial charge is 0.191 e. The number of nitrogens with zero attached hydrogens (tertiary/aromatic N) is 1. The van der Waals surface area contributed by atoms with Gasteiger partial charge in [-0.3, -0.25) is 4.99 Å². The molecule has 0 saturated carbocycles. The Labute approximate surface area is 126 Å². The van der Waals surface area contributed by atoms with Gasteiger partial charge < -0.3 is 10.6 Å². The number of nitrogens with one attached hydrogen (secondary N) is 2. The summed E-state index contributed by atoms with van der Waals surface area (Å²) < 4.78 is 13.9. The highest BCUT2D eigenvalue weighted by molar-refractivity contribution is 5.80. The summed E-state index contributed by atoms with van der Waals surface area (Å²) in [4.78, 5) is 4.24. The Morgan fingerprint density at radius 2 is 1.95 bits per heavy atom. The second kappa shape index (κ2) is 6.74. The molecule has 0 heterocycles. The average molecular weight is 289 g/mol. The van der Waals surface area contributed by atoms with Gasteiger partial charge >= 0.3 is 0 Å². The fraction of sp³-hybridized carbons (Fsp3) is 0.471. The fourth-order valence-corrected chi connectivity index (χ4v) is 2.53. The molecular weight excluding hydrogens is 265 g/mol. The van der Waals surface area contributed by atoms with Crippen LogP contribution in [0.1, 0.15) is 32.3 Å². The van der Waals surface area contributed by atoms with E-state index in [0.717, 1.165) is 24.4 Å². The first kappa shape index (κ1) is 15.5. The lowest BCUT2D eigenvalue weighted by Crippen LogP contribution is -2.46. The minimum Gasteiger partial charge on any atom is -0.356 e. The van der Waals surface area contributed by atoms with Crippen LogP contribution < -0.4 is 10.6 Å². The van der Waals surface area contributed by atoms with Crippen LogP contribution in [0.3, 0.4) is 0 Å². The van der Waals surface area contributed by atoms with Gasteiger partial charge in [0.05, 0.1) is 0 Å². The topological polar surface area (TPSA) is 36.4 Å². The Morgan fingerprint density at radius 1 is 1.29 bits per heavy atom. The summed E-state index contributed by atoms with van der Waals surface area (Å²) in [7, 11) is 1.76. The van der Waals surface area contributed by atoms with E-state index in [1.54, 1.807) is 13.1 Å². The van der Waals surface area contributed by atoms with Crippen molar-refractivity contribution in [3.05, 3.63) is 47.8 Å². The summed E-state index contributed by atoms with van der Waals surface area (Å²) in [6, 6.07) is 7.35. The third-order valence-electron chi connectivity index (χ3n) is 3.87. The molecule has 1 aliphatic carbocycles. The first-order valence-corrected chi connectivity index (χ1v) is 7.40. The normalized spacial score (nSPS) is 16.3. The molecule has 0 unspecified atom stereocenters. The zero-order chi connectivity index (χ0) is 15.3. The highest BCUT2D eigenvalue weighted by Crippen LogP contribution is 2.24. The molecule has 114 valence electrons. The van der Waals surface area contributed by atoms with Gasteiger partial charge in [-0.15, -0.1) is 0 Å². The van der Waals surface area contributed by atoms with E-state index < -0.39 is 0 Å². The lowest BCUT2D eigenvalue weighted by atomic mass is 9.84. The molecule has 21 heavy (non-hydrogen) atoms. The van der Waals surface area contributed by atoms with E-state index in [1.807, 2.05) is 26.0 Å². The Kier molecular flexibility index (Phi) is 4.99. The van der Waals surface area contributed by atoms with Crippen LogP contribution in [-0.2, 0) is 5.41 Å². The maximum absolute atomic E-state index is 13.9. The summed E-state index contributed by atoms with van der Waals surface area (Å²) in [5.74, 6) is 0.611. The lowest BCUT2D eigenvalue weighted by molar-refractivity contribution is 0.471. The van der Waals surface area contributed by atoms with Gasteiger partial charge in [0.15, 0.2) is 5.96 Å². The van der Waals surface area contributed by atoms with Crippen LogP contribution in [0.2, 0.25) is 0 Å². The molecule has 0 fully saturated rings. The van der Waals surface area contributed by atoms with Crippen LogP contribution >= 0.6 is 0 Å². The van der Waals surface area contributed by atoms with Crippen molar-refractivity contribution in [2.75, 3.05) is 13.6 Å². The minimum atomic E-state index is -0.309. The van der Waals surface area contributed by atoms with E-state index in [-0.39, 0.29) is 11.2 Å². The van der Waals surface area contributed by atoms with Crippen LogP contribution in [0.4, 0.5) is 4.39 Å². The van der Waals surface area contributed by atoms with E-state index in [0.29, 0.717) is 12.6 Å². The molecule has 1 aliphatic rings. The predicted molar refractivity (Wildman–Crippen MR) is 86.1 cm³/mol. The Morgan fingerprint density at radius 3 is 2.57 bits per heavy atom. The number of hydrogen-bond donors (Lipinski definition) is 2. The number of hydrogen-bond acceptors (Lipinski definition) is 1. The van der Waals surface area contributed by atoms with Gasteiger partial charge in [-0.1, -0.05) is 44.2 Å². The maximum atomic E-state index is 13.9. The van der Waals surface area contributed by atoms with E-state index in [4.69, 9.17) is 0 Å². The molecule has 3 nitrogen and oxygen atoms in total. The van der Waals surface area contributed by atoms with Gasteiger partial charge in [0.2, 0.25) is 0 Å². The Hall–Kier alpha value is -1.84. The van der Waals surface area contributed by atoms with Crippen molar-refractivity contribution in [3.8, 4) is 0 Å². The molecule has 0 aliphatic heterocycles. The van der Waals surface area contributed by atoms with Gasteiger partial charge in [0, 0.05) is 25.0 Å². The van der Waals surface area contributed by atoms with Crippen LogP contribution in [0.15, 0.2) is 41.4 Å². The zero-order valence-electron chi connectivity index (χ0n) is 13.0.